The van der Waals surface area contributed by atoms with Gasteiger partial charge in [0.1, 0.15) is 11.6 Å². The number of H-pyrrole nitrogens is 1. The Morgan fingerprint density at radius 1 is 1.12 bits per heavy atom. The lowest BCUT2D eigenvalue weighted by atomic mass is 10.1. The quantitative estimate of drug-likeness (QED) is 0.607. The van der Waals surface area contributed by atoms with Gasteiger partial charge in [-0.2, -0.15) is 5.10 Å². The molecule has 0 atom stereocenters. The maximum Gasteiger partial charge on any atom is 0.181 e. The normalized spacial score (nSPS) is 14.0. The first kappa shape index (κ1) is 20.7. The molecule has 1 fully saturated rings. The maximum absolute atomic E-state index is 6.48. The number of nitrogens with one attached hydrogen (secondary N) is 2. The SMILES string of the molecule is Cl.Cl.NCc1nc(-c2ccc3nc(N4CCNCC4)c(Cl)cc3c2)n[nH]1. The summed E-state index contributed by atoms with van der Waals surface area (Å²) in [4.78, 5) is 11.3. The average molecular weight is 417 g/mol. The minimum absolute atomic E-state index is 0. The molecule has 4 rings (SSSR count). The Morgan fingerprint density at radius 2 is 1.88 bits per heavy atom. The molecule has 0 unspecified atom stereocenters. The van der Waals surface area contributed by atoms with Crippen molar-refractivity contribution in [3.63, 3.8) is 0 Å². The van der Waals surface area contributed by atoms with Crippen molar-refractivity contribution in [2.24, 2.45) is 5.73 Å². The fraction of sp³-hybridized carbons (Fsp3) is 0.312. The van der Waals surface area contributed by atoms with Gasteiger partial charge in [0.2, 0.25) is 0 Å². The number of benzene rings is 1. The van der Waals surface area contributed by atoms with Gasteiger partial charge in [-0.3, -0.25) is 5.10 Å². The molecule has 4 N–H and O–H groups in total. The van der Waals surface area contributed by atoms with Crippen LogP contribution in [0.2, 0.25) is 5.02 Å². The van der Waals surface area contributed by atoms with Crippen molar-refractivity contribution in [3.8, 4) is 11.4 Å². The van der Waals surface area contributed by atoms with Crippen molar-refractivity contribution >= 4 is 53.1 Å². The zero-order valence-electron chi connectivity index (χ0n) is 13.9. The van der Waals surface area contributed by atoms with E-state index >= 15 is 0 Å². The second-order valence-corrected chi connectivity index (χ2v) is 6.16. The fourth-order valence-electron chi connectivity index (χ4n) is 2.89. The van der Waals surface area contributed by atoms with Gasteiger partial charge in [-0.1, -0.05) is 11.6 Å². The van der Waals surface area contributed by atoms with Gasteiger partial charge in [0, 0.05) is 37.1 Å². The molecule has 26 heavy (non-hydrogen) atoms. The summed E-state index contributed by atoms with van der Waals surface area (Å²) in [6.07, 6.45) is 0. The molecule has 2 aromatic heterocycles. The van der Waals surface area contributed by atoms with Crippen LogP contribution in [0.1, 0.15) is 5.82 Å². The van der Waals surface area contributed by atoms with Gasteiger partial charge in [-0.15, -0.1) is 24.8 Å². The Bertz CT molecular complexity index is 877. The number of nitrogens with zero attached hydrogens (tertiary/aromatic N) is 4. The molecule has 3 heterocycles. The molecule has 140 valence electrons. The zero-order valence-corrected chi connectivity index (χ0v) is 16.3. The summed E-state index contributed by atoms with van der Waals surface area (Å²) in [5, 5.41) is 12.0. The number of aromatic amines is 1. The molecule has 1 aliphatic heterocycles. The Labute approximate surface area is 168 Å². The molecule has 0 amide bonds. The molecular formula is C16H20Cl3N7. The first-order valence-corrected chi connectivity index (χ1v) is 8.30. The van der Waals surface area contributed by atoms with Crippen LogP contribution in [0, 0.1) is 0 Å². The molecule has 1 aliphatic rings. The number of hydrogen-bond acceptors (Lipinski definition) is 6. The lowest BCUT2D eigenvalue weighted by Gasteiger charge is -2.29. The summed E-state index contributed by atoms with van der Waals surface area (Å²) in [6.45, 7) is 4.05. The van der Waals surface area contributed by atoms with Crippen molar-refractivity contribution in [2.45, 2.75) is 6.54 Å². The summed E-state index contributed by atoms with van der Waals surface area (Å²) in [5.41, 5.74) is 7.39. The Balaban J connectivity index is 0.00000121. The number of halogens is 3. The third kappa shape index (κ3) is 4.02. The highest BCUT2D eigenvalue weighted by atomic mass is 35.5. The van der Waals surface area contributed by atoms with Gasteiger partial charge in [-0.25, -0.2) is 9.97 Å². The van der Waals surface area contributed by atoms with E-state index < -0.39 is 0 Å². The average Bonchev–Trinajstić information content (AvgIpc) is 3.10. The maximum atomic E-state index is 6.48. The summed E-state index contributed by atoms with van der Waals surface area (Å²) < 4.78 is 0. The minimum Gasteiger partial charge on any atom is -0.353 e. The molecule has 1 saturated heterocycles. The van der Waals surface area contributed by atoms with Gasteiger partial charge in [0.25, 0.3) is 0 Å². The third-order valence-electron chi connectivity index (χ3n) is 4.15. The van der Waals surface area contributed by atoms with Gasteiger partial charge < -0.3 is 16.0 Å². The highest BCUT2D eigenvalue weighted by Gasteiger charge is 2.16. The van der Waals surface area contributed by atoms with E-state index in [1.165, 1.54) is 0 Å². The Morgan fingerprint density at radius 3 is 2.58 bits per heavy atom. The van der Waals surface area contributed by atoms with Crippen molar-refractivity contribution in [3.05, 3.63) is 35.1 Å². The van der Waals surface area contributed by atoms with Crippen LogP contribution in [-0.4, -0.2) is 46.3 Å². The lowest BCUT2D eigenvalue weighted by Crippen LogP contribution is -2.44. The monoisotopic (exact) mass is 415 g/mol. The summed E-state index contributed by atoms with van der Waals surface area (Å²) in [6, 6.07) is 7.90. The Hall–Kier alpha value is -1.64. The van der Waals surface area contributed by atoms with Gasteiger partial charge in [0.15, 0.2) is 5.82 Å². The smallest absolute Gasteiger partial charge is 0.181 e. The van der Waals surface area contributed by atoms with Crippen LogP contribution in [0.15, 0.2) is 24.3 Å². The molecule has 0 bridgehead atoms. The lowest BCUT2D eigenvalue weighted by molar-refractivity contribution is 0.585. The second-order valence-electron chi connectivity index (χ2n) is 5.75. The number of nitrogens with two attached hydrogens (primary N) is 1. The molecule has 10 heteroatoms. The van der Waals surface area contributed by atoms with Crippen molar-refractivity contribution in [1.82, 2.24) is 25.5 Å². The van der Waals surface area contributed by atoms with E-state index in [0.717, 1.165) is 48.5 Å². The van der Waals surface area contributed by atoms with Gasteiger partial charge >= 0.3 is 0 Å². The van der Waals surface area contributed by atoms with E-state index in [2.05, 4.69) is 25.4 Å². The van der Waals surface area contributed by atoms with E-state index in [1.54, 1.807) is 0 Å². The number of aromatic nitrogens is 4. The van der Waals surface area contributed by atoms with Gasteiger partial charge in [0.05, 0.1) is 17.1 Å². The molecule has 1 aromatic carbocycles. The van der Waals surface area contributed by atoms with E-state index in [1.807, 2.05) is 24.3 Å². The summed E-state index contributed by atoms with van der Waals surface area (Å²) in [5.74, 6) is 2.14. The standard InChI is InChI=1S/C16H18ClN7.2ClH/c17-12-8-11-7-10(15-21-14(9-18)22-23-15)1-2-13(11)20-16(12)24-5-3-19-4-6-24;;/h1-2,7-8,19H,3-6,9,18H2,(H,21,22,23);2*1H. The third-order valence-corrected chi connectivity index (χ3v) is 4.43. The molecule has 0 radical (unpaired) electrons. The molecular weight excluding hydrogens is 397 g/mol. The van der Waals surface area contributed by atoms with E-state index in [-0.39, 0.29) is 24.8 Å². The predicted octanol–water partition coefficient (Wildman–Crippen LogP) is 2.39. The van der Waals surface area contributed by atoms with Crippen LogP contribution >= 0.6 is 36.4 Å². The second kappa shape index (κ2) is 8.83. The molecule has 0 saturated carbocycles. The Kier molecular flexibility index (Phi) is 7.02. The van der Waals surface area contributed by atoms with E-state index in [4.69, 9.17) is 22.3 Å². The van der Waals surface area contributed by atoms with Crippen molar-refractivity contribution in [1.29, 1.82) is 0 Å². The predicted molar refractivity (Wildman–Crippen MR) is 110 cm³/mol. The molecule has 7 nitrogen and oxygen atoms in total. The topological polar surface area (TPSA) is 95.8 Å². The van der Waals surface area contributed by atoms with E-state index in [0.29, 0.717) is 23.2 Å². The van der Waals surface area contributed by atoms with Crippen molar-refractivity contribution < 1.29 is 0 Å². The number of piperazine rings is 1. The van der Waals surface area contributed by atoms with Crippen LogP contribution < -0.4 is 16.0 Å². The highest BCUT2D eigenvalue weighted by Crippen LogP contribution is 2.30. The largest absolute Gasteiger partial charge is 0.353 e. The van der Waals surface area contributed by atoms with Crippen LogP contribution in [0.25, 0.3) is 22.3 Å². The van der Waals surface area contributed by atoms with Crippen LogP contribution in [0.3, 0.4) is 0 Å². The van der Waals surface area contributed by atoms with E-state index in [9.17, 15) is 0 Å². The first-order chi connectivity index (χ1) is 11.7. The number of fused-ring (bicyclic) bond motifs is 1. The molecule has 3 aromatic rings. The number of anilines is 1. The number of rotatable bonds is 3. The van der Waals surface area contributed by atoms with Gasteiger partial charge in [-0.05, 0) is 24.3 Å². The number of pyridine rings is 1. The van der Waals surface area contributed by atoms with Crippen LogP contribution in [0.5, 0.6) is 0 Å². The highest BCUT2D eigenvalue weighted by molar-refractivity contribution is 6.33. The molecule has 0 aliphatic carbocycles. The van der Waals surface area contributed by atoms with Crippen LogP contribution in [0.4, 0.5) is 5.82 Å². The molecule has 0 spiro atoms. The minimum atomic E-state index is 0. The fourth-order valence-corrected chi connectivity index (χ4v) is 3.17. The van der Waals surface area contributed by atoms with Crippen LogP contribution in [-0.2, 0) is 6.54 Å². The number of hydrogen-bond donors (Lipinski definition) is 3. The first-order valence-electron chi connectivity index (χ1n) is 7.92. The summed E-state index contributed by atoms with van der Waals surface area (Å²) in [7, 11) is 0. The zero-order chi connectivity index (χ0) is 16.5. The van der Waals surface area contributed by atoms with Crippen molar-refractivity contribution in [2.75, 3.05) is 31.1 Å². The summed E-state index contributed by atoms with van der Waals surface area (Å²) >= 11 is 6.48.